The number of nitrogens with zero attached hydrogens (tertiary/aromatic N) is 3. The van der Waals surface area contributed by atoms with Crippen LogP contribution in [0.25, 0.3) is 0 Å². The highest BCUT2D eigenvalue weighted by molar-refractivity contribution is 6.04. The van der Waals surface area contributed by atoms with E-state index in [2.05, 4.69) is 4.90 Å². The fraction of sp³-hybridized carbons (Fsp3) is 0.500. The first-order valence-electron chi connectivity index (χ1n) is 8.57. The fourth-order valence-electron chi connectivity index (χ4n) is 3.40. The van der Waals surface area contributed by atoms with Crippen LogP contribution in [0.4, 0.5) is 4.39 Å². The molecule has 2 heterocycles. The van der Waals surface area contributed by atoms with Crippen LogP contribution in [0, 0.1) is 5.82 Å². The summed E-state index contributed by atoms with van der Waals surface area (Å²) in [6.07, 6.45) is 0.389. The van der Waals surface area contributed by atoms with Gasteiger partial charge in [0.2, 0.25) is 17.7 Å². The average molecular weight is 347 g/mol. The molecule has 2 saturated heterocycles. The summed E-state index contributed by atoms with van der Waals surface area (Å²) in [6, 6.07) is 6.65. The van der Waals surface area contributed by atoms with Crippen LogP contribution in [-0.4, -0.2) is 65.1 Å². The topological polar surface area (TPSA) is 60.9 Å². The first-order chi connectivity index (χ1) is 12.0. The largest absolute Gasteiger partial charge is 0.339 e. The Kier molecular flexibility index (Phi) is 5.13. The standard InChI is InChI=1S/C18H22FN3O3/c1-13(14-4-2-3-5-15(14)19)20-8-10-21(11-9-20)18(25)12-22-16(23)6-7-17(22)24/h2-5,13H,6-12H2,1H3/t13-/m1/s1. The molecule has 1 atom stereocenters. The minimum Gasteiger partial charge on any atom is -0.339 e. The summed E-state index contributed by atoms with van der Waals surface area (Å²) in [7, 11) is 0. The highest BCUT2D eigenvalue weighted by atomic mass is 19.1. The number of likely N-dealkylation sites (tertiary alicyclic amines) is 1. The Morgan fingerprint density at radius 2 is 1.68 bits per heavy atom. The number of hydrogen-bond donors (Lipinski definition) is 0. The van der Waals surface area contributed by atoms with E-state index in [1.54, 1.807) is 17.0 Å². The van der Waals surface area contributed by atoms with Gasteiger partial charge < -0.3 is 4.90 Å². The van der Waals surface area contributed by atoms with Gasteiger partial charge in [0.05, 0.1) is 0 Å². The molecule has 1 aromatic carbocycles. The van der Waals surface area contributed by atoms with Gasteiger partial charge in [0.25, 0.3) is 0 Å². The lowest BCUT2D eigenvalue weighted by atomic mass is 10.1. The van der Waals surface area contributed by atoms with Crippen LogP contribution < -0.4 is 0 Å². The molecule has 6 nitrogen and oxygen atoms in total. The number of amides is 3. The Balaban J connectivity index is 1.55. The summed E-state index contributed by atoms with van der Waals surface area (Å²) < 4.78 is 13.9. The molecule has 3 rings (SSSR count). The minimum absolute atomic E-state index is 0.0693. The molecule has 0 aromatic heterocycles. The van der Waals surface area contributed by atoms with Crippen LogP contribution in [0.15, 0.2) is 24.3 Å². The zero-order valence-corrected chi connectivity index (χ0v) is 14.3. The third-order valence-electron chi connectivity index (χ3n) is 5.02. The van der Waals surface area contributed by atoms with E-state index in [1.165, 1.54) is 6.07 Å². The summed E-state index contributed by atoms with van der Waals surface area (Å²) in [4.78, 5) is 40.5. The van der Waals surface area contributed by atoms with Crippen LogP contribution in [0.1, 0.15) is 31.4 Å². The molecule has 134 valence electrons. The first-order valence-corrected chi connectivity index (χ1v) is 8.57. The Hall–Kier alpha value is -2.28. The predicted octanol–water partition coefficient (Wildman–Crippen LogP) is 1.18. The molecule has 7 heteroatoms. The van der Waals surface area contributed by atoms with Crippen molar-refractivity contribution in [3.8, 4) is 0 Å². The number of carbonyl (C=O) groups excluding carboxylic acids is 3. The summed E-state index contributed by atoms with van der Waals surface area (Å²) in [5, 5.41) is 0. The zero-order valence-electron chi connectivity index (χ0n) is 14.3. The highest BCUT2D eigenvalue weighted by Gasteiger charge is 2.33. The monoisotopic (exact) mass is 347 g/mol. The smallest absolute Gasteiger partial charge is 0.242 e. The van der Waals surface area contributed by atoms with Crippen molar-refractivity contribution in [2.45, 2.75) is 25.8 Å². The predicted molar refractivity (Wildman–Crippen MR) is 88.9 cm³/mol. The van der Waals surface area contributed by atoms with Gasteiger partial charge in [-0.05, 0) is 13.0 Å². The SMILES string of the molecule is C[C@H](c1ccccc1F)N1CCN(C(=O)CN2C(=O)CCC2=O)CC1. The van der Waals surface area contributed by atoms with Crippen LogP contribution in [-0.2, 0) is 14.4 Å². The maximum Gasteiger partial charge on any atom is 0.242 e. The van der Waals surface area contributed by atoms with Crippen molar-refractivity contribution in [1.29, 1.82) is 0 Å². The second-order valence-electron chi connectivity index (χ2n) is 6.49. The molecule has 0 bridgehead atoms. The maximum absolute atomic E-state index is 13.9. The molecule has 2 aliphatic rings. The lowest BCUT2D eigenvalue weighted by Crippen LogP contribution is -2.52. The van der Waals surface area contributed by atoms with E-state index < -0.39 is 0 Å². The number of carbonyl (C=O) groups is 3. The number of halogens is 1. The summed E-state index contributed by atoms with van der Waals surface area (Å²) in [5.41, 5.74) is 0.649. The van der Waals surface area contributed by atoms with Gasteiger partial charge >= 0.3 is 0 Å². The molecule has 1 aromatic rings. The lowest BCUT2D eigenvalue weighted by molar-refractivity contribution is -0.146. The molecule has 0 aliphatic carbocycles. The van der Waals surface area contributed by atoms with Crippen molar-refractivity contribution in [2.24, 2.45) is 0 Å². The number of piperazine rings is 1. The van der Waals surface area contributed by atoms with E-state index in [-0.39, 0.29) is 49.0 Å². The molecule has 0 spiro atoms. The van der Waals surface area contributed by atoms with E-state index in [1.807, 2.05) is 13.0 Å². The summed E-state index contributed by atoms with van der Waals surface area (Å²) >= 11 is 0. The molecule has 0 unspecified atom stereocenters. The van der Waals surface area contributed by atoms with E-state index in [4.69, 9.17) is 0 Å². The second kappa shape index (κ2) is 7.31. The minimum atomic E-state index is -0.273. The van der Waals surface area contributed by atoms with Crippen molar-refractivity contribution < 1.29 is 18.8 Å². The third-order valence-corrected chi connectivity index (χ3v) is 5.02. The van der Waals surface area contributed by atoms with Gasteiger partial charge in [-0.1, -0.05) is 18.2 Å². The van der Waals surface area contributed by atoms with Crippen LogP contribution >= 0.6 is 0 Å². The quantitative estimate of drug-likeness (QED) is 0.768. The fourth-order valence-corrected chi connectivity index (χ4v) is 3.40. The van der Waals surface area contributed by atoms with Crippen molar-refractivity contribution in [1.82, 2.24) is 14.7 Å². The zero-order chi connectivity index (χ0) is 18.0. The highest BCUT2D eigenvalue weighted by Crippen LogP contribution is 2.24. The van der Waals surface area contributed by atoms with Gasteiger partial charge in [0.15, 0.2) is 0 Å². The number of benzene rings is 1. The number of rotatable bonds is 4. The Morgan fingerprint density at radius 1 is 1.08 bits per heavy atom. The second-order valence-corrected chi connectivity index (χ2v) is 6.49. The van der Waals surface area contributed by atoms with Crippen LogP contribution in [0.2, 0.25) is 0 Å². The Bertz CT molecular complexity index is 670. The Labute approximate surface area is 146 Å². The maximum atomic E-state index is 13.9. The lowest BCUT2D eigenvalue weighted by Gasteiger charge is -2.38. The third kappa shape index (κ3) is 3.71. The molecule has 2 fully saturated rings. The molecule has 25 heavy (non-hydrogen) atoms. The Morgan fingerprint density at radius 3 is 2.28 bits per heavy atom. The molecule has 0 N–H and O–H groups in total. The van der Waals surface area contributed by atoms with Crippen LogP contribution in [0.5, 0.6) is 0 Å². The van der Waals surface area contributed by atoms with Crippen LogP contribution in [0.3, 0.4) is 0 Å². The van der Waals surface area contributed by atoms with Crippen molar-refractivity contribution in [3.05, 3.63) is 35.6 Å². The van der Waals surface area contributed by atoms with Gasteiger partial charge in [-0.3, -0.25) is 24.2 Å². The molecule has 0 radical (unpaired) electrons. The van der Waals surface area contributed by atoms with Gasteiger partial charge in [-0.25, -0.2) is 4.39 Å². The molecule has 2 aliphatic heterocycles. The number of imide groups is 1. The first kappa shape index (κ1) is 17.5. The average Bonchev–Trinajstić information content (AvgIpc) is 2.93. The van der Waals surface area contributed by atoms with E-state index in [0.29, 0.717) is 31.7 Å². The van der Waals surface area contributed by atoms with Crippen molar-refractivity contribution in [2.75, 3.05) is 32.7 Å². The van der Waals surface area contributed by atoms with Gasteiger partial charge in [0, 0.05) is 50.6 Å². The number of hydrogen-bond acceptors (Lipinski definition) is 4. The van der Waals surface area contributed by atoms with Crippen molar-refractivity contribution >= 4 is 17.7 Å². The molecular weight excluding hydrogens is 325 g/mol. The van der Waals surface area contributed by atoms with E-state index in [0.717, 1.165) is 4.90 Å². The summed E-state index contributed by atoms with van der Waals surface area (Å²) in [5.74, 6) is -0.975. The molecule has 3 amide bonds. The normalized spacial score (nSPS) is 20.2. The molecular formula is C18H22FN3O3. The van der Waals surface area contributed by atoms with Crippen molar-refractivity contribution in [3.63, 3.8) is 0 Å². The van der Waals surface area contributed by atoms with Gasteiger partial charge in [-0.2, -0.15) is 0 Å². The summed E-state index contributed by atoms with van der Waals surface area (Å²) in [6.45, 7) is 4.06. The van der Waals surface area contributed by atoms with Gasteiger partial charge in [-0.15, -0.1) is 0 Å². The van der Waals surface area contributed by atoms with E-state index >= 15 is 0 Å². The van der Waals surface area contributed by atoms with E-state index in [9.17, 15) is 18.8 Å². The molecule has 0 saturated carbocycles. The van der Waals surface area contributed by atoms with Gasteiger partial charge in [0.1, 0.15) is 12.4 Å².